The zero-order valence-electron chi connectivity index (χ0n) is 16.3. The minimum absolute atomic E-state index is 0.0980. The van der Waals surface area contributed by atoms with Crippen molar-refractivity contribution in [1.82, 2.24) is 15.1 Å². The van der Waals surface area contributed by atoms with Crippen LogP contribution in [0.5, 0.6) is 0 Å². The molecule has 1 aromatic heterocycles. The summed E-state index contributed by atoms with van der Waals surface area (Å²) >= 11 is 0. The van der Waals surface area contributed by atoms with Crippen molar-refractivity contribution in [2.24, 2.45) is 5.10 Å². The van der Waals surface area contributed by atoms with Crippen molar-refractivity contribution in [3.8, 4) is 0 Å². The van der Waals surface area contributed by atoms with E-state index in [1.54, 1.807) is 23.8 Å². The average Bonchev–Trinajstić information content (AvgIpc) is 2.74. The van der Waals surface area contributed by atoms with Gasteiger partial charge in [-0.15, -0.1) is 0 Å². The normalized spacial score (nSPS) is 13.1. The van der Waals surface area contributed by atoms with Crippen LogP contribution in [0.25, 0.3) is 0 Å². The van der Waals surface area contributed by atoms with Gasteiger partial charge in [0.15, 0.2) is 0 Å². The molecule has 0 unspecified atom stereocenters. The Bertz CT molecular complexity index is 937. The molecule has 1 aliphatic heterocycles. The molecule has 152 valence electrons. The molecule has 1 aliphatic rings. The van der Waals surface area contributed by atoms with E-state index in [9.17, 15) is 9.59 Å². The van der Waals surface area contributed by atoms with Crippen molar-refractivity contribution in [2.75, 3.05) is 26.3 Å². The van der Waals surface area contributed by atoms with E-state index in [1.165, 1.54) is 5.17 Å². The molecule has 0 atom stereocenters. The third kappa shape index (κ3) is 6.05. The van der Waals surface area contributed by atoms with Crippen LogP contribution in [-0.2, 0) is 16.1 Å². The lowest BCUT2D eigenvalue weighted by Crippen LogP contribution is -2.31. The van der Waals surface area contributed by atoms with Crippen LogP contribution in [0.15, 0.2) is 70.7 Å². The Hall–Kier alpha value is -3.39. The molecule has 0 fully saturated rings. The maximum Gasteiger partial charge on any atom is 0.407 e. The van der Waals surface area contributed by atoms with E-state index in [-0.39, 0.29) is 12.2 Å². The van der Waals surface area contributed by atoms with E-state index in [0.717, 1.165) is 5.56 Å². The molecule has 0 saturated heterocycles. The molecule has 1 amide bonds. The summed E-state index contributed by atoms with van der Waals surface area (Å²) in [4.78, 5) is 29.3. The third-order valence-electron chi connectivity index (χ3n) is 4.13. The Morgan fingerprint density at radius 3 is 2.83 bits per heavy atom. The Morgan fingerprint density at radius 2 is 2.07 bits per heavy atom. The average molecular weight is 396 g/mol. The molecular weight excluding hydrogens is 372 g/mol. The Labute approximate surface area is 169 Å². The maximum atomic E-state index is 12.5. The van der Waals surface area contributed by atoms with Crippen molar-refractivity contribution in [3.63, 3.8) is 0 Å². The van der Waals surface area contributed by atoms with Crippen molar-refractivity contribution in [3.05, 3.63) is 82.3 Å². The number of hydrogen-bond acceptors (Lipinski definition) is 6. The first-order valence-corrected chi connectivity index (χ1v) is 9.46. The number of carbonyl (C=O) groups is 1. The van der Waals surface area contributed by atoms with Gasteiger partial charge < -0.3 is 14.6 Å². The molecule has 0 saturated carbocycles. The fourth-order valence-electron chi connectivity index (χ4n) is 2.75. The van der Waals surface area contributed by atoms with Gasteiger partial charge in [-0.05, 0) is 24.6 Å². The molecular formula is C21H24N4O4. The quantitative estimate of drug-likeness (QED) is 0.691. The van der Waals surface area contributed by atoms with Crippen LogP contribution in [-0.4, -0.2) is 47.8 Å². The molecule has 0 radical (unpaired) electrons. The summed E-state index contributed by atoms with van der Waals surface area (Å²) in [6, 6.07) is 13.3. The number of benzene rings is 1. The number of amides is 1. The number of hydroxylamine groups is 1. The lowest BCUT2D eigenvalue weighted by molar-refractivity contribution is -0.150. The summed E-state index contributed by atoms with van der Waals surface area (Å²) in [6.45, 7) is 3.62. The van der Waals surface area contributed by atoms with Crippen LogP contribution in [0.4, 0.5) is 4.79 Å². The highest BCUT2D eigenvalue weighted by molar-refractivity contribution is 6.08. The number of nitrogens with one attached hydrogen (secondary N) is 1. The van der Waals surface area contributed by atoms with Crippen LogP contribution >= 0.6 is 0 Å². The molecule has 1 N–H and O–H groups in total. The van der Waals surface area contributed by atoms with Crippen LogP contribution in [0.2, 0.25) is 0 Å². The molecule has 0 spiro atoms. The van der Waals surface area contributed by atoms with Crippen molar-refractivity contribution < 1.29 is 14.4 Å². The summed E-state index contributed by atoms with van der Waals surface area (Å²) < 4.78 is 6.43. The maximum absolute atomic E-state index is 12.5. The van der Waals surface area contributed by atoms with Gasteiger partial charge in [-0.25, -0.2) is 4.79 Å². The minimum Gasteiger partial charge on any atom is -0.450 e. The van der Waals surface area contributed by atoms with Gasteiger partial charge in [-0.3, -0.25) is 9.63 Å². The number of carbonyl (C=O) groups excluding carboxylic acids is 1. The number of nitrogens with zero attached hydrogens (tertiary/aromatic N) is 3. The van der Waals surface area contributed by atoms with Crippen LogP contribution in [0, 0.1) is 0 Å². The van der Waals surface area contributed by atoms with E-state index < -0.39 is 6.09 Å². The van der Waals surface area contributed by atoms with E-state index in [0.29, 0.717) is 37.5 Å². The van der Waals surface area contributed by atoms with Gasteiger partial charge in [-0.1, -0.05) is 36.4 Å². The first-order chi connectivity index (χ1) is 14.2. The highest BCUT2D eigenvalue weighted by Crippen LogP contribution is 2.08. The summed E-state index contributed by atoms with van der Waals surface area (Å²) in [5.41, 5.74) is 2.32. The molecule has 8 heteroatoms. The lowest BCUT2D eigenvalue weighted by Gasteiger charge is -2.21. The Morgan fingerprint density at radius 1 is 1.24 bits per heavy atom. The number of aromatic nitrogens is 1. The van der Waals surface area contributed by atoms with Gasteiger partial charge in [-0.2, -0.15) is 10.3 Å². The van der Waals surface area contributed by atoms with Gasteiger partial charge in [0, 0.05) is 24.4 Å². The standard InChI is InChI=1S/C21H24N4O4/c1-2-28-21(27)22-11-14-29-25-12-6-9-19(23-25)18-10-13-24(20(26)15-18)16-17-7-4-3-5-8-17/h3-10,13,15H,2,11-12,14,16H2,1H3,(H,22,27). The second-order valence-corrected chi connectivity index (χ2v) is 6.27. The van der Waals surface area contributed by atoms with Gasteiger partial charge in [0.05, 0.1) is 32.0 Å². The zero-order valence-corrected chi connectivity index (χ0v) is 16.3. The fraction of sp³-hybridized carbons (Fsp3) is 0.286. The first-order valence-electron chi connectivity index (χ1n) is 9.46. The van der Waals surface area contributed by atoms with Crippen molar-refractivity contribution in [2.45, 2.75) is 13.5 Å². The summed E-state index contributed by atoms with van der Waals surface area (Å²) in [6.07, 6.45) is 5.04. The van der Waals surface area contributed by atoms with Crippen LogP contribution in [0.1, 0.15) is 18.1 Å². The summed E-state index contributed by atoms with van der Waals surface area (Å²) in [5, 5.41) is 8.41. The van der Waals surface area contributed by atoms with Crippen molar-refractivity contribution >= 4 is 11.8 Å². The predicted molar refractivity (Wildman–Crippen MR) is 110 cm³/mol. The van der Waals surface area contributed by atoms with Crippen LogP contribution in [0.3, 0.4) is 0 Å². The largest absolute Gasteiger partial charge is 0.450 e. The summed E-state index contributed by atoms with van der Waals surface area (Å²) in [7, 11) is 0. The zero-order chi connectivity index (χ0) is 20.5. The molecule has 8 nitrogen and oxygen atoms in total. The smallest absolute Gasteiger partial charge is 0.407 e. The number of pyridine rings is 1. The molecule has 0 bridgehead atoms. The van der Waals surface area contributed by atoms with Gasteiger partial charge >= 0.3 is 6.09 Å². The monoisotopic (exact) mass is 396 g/mol. The topological polar surface area (TPSA) is 85.2 Å². The number of alkyl carbamates (subject to hydrolysis) is 1. The van der Waals surface area contributed by atoms with E-state index in [4.69, 9.17) is 9.57 Å². The second kappa shape index (κ2) is 10.2. The van der Waals surface area contributed by atoms with Crippen molar-refractivity contribution in [1.29, 1.82) is 0 Å². The number of hydrogen-bond donors (Lipinski definition) is 1. The highest BCUT2D eigenvalue weighted by atomic mass is 16.7. The molecule has 2 heterocycles. The van der Waals surface area contributed by atoms with Gasteiger partial charge in [0.25, 0.3) is 5.56 Å². The SMILES string of the molecule is CCOC(=O)NCCON1CC=CC(c2ccn(Cc3ccccc3)c(=O)c2)=N1. The van der Waals surface area contributed by atoms with E-state index in [1.807, 2.05) is 48.6 Å². The van der Waals surface area contributed by atoms with Crippen LogP contribution < -0.4 is 10.9 Å². The molecule has 3 rings (SSSR count). The Balaban J connectivity index is 1.59. The van der Waals surface area contributed by atoms with E-state index >= 15 is 0 Å². The highest BCUT2D eigenvalue weighted by Gasteiger charge is 2.11. The number of hydrazone groups is 1. The minimum atomic E-state index is -0.477. The Kier molecular flexibility index (Phi) is 7.18. The summed E-state index contributed by atoms with van der Waals surface area (Å²) in [5.74, 6) is 0. The predicted octanol–water partition coefficient (Wildman–Crippen LogP) is 2.15. The number of allylic oxidation sites excluding steroid dienone is 1. The first kappa shape index (κ1) is 20.3. The number of ether oxygens (including phenoxy) is 1. The fourth-order valence-corrected chi connectivity index (χ4v) is 2.75. The molecule has 2 aromatic rings. The third-order valence-corrected chi connectivity index (χ3v) is 4.13. The van der Waals surface area contributed by atoms with Gasteiger partial charge in [0.1, 0.15) is 0 Å². The molecule has 0 aliphatic carbocycles. The van der Waals surface area contributed by atoms with E-state index in [2.05, 4.69) is 10.4 Å². The number of rotatable bonds is 8. The van der Waals surface area contributed by atoms with Gasteiger partial charge in [0.2, 0.25) is 0 Å². The molecule has 29 heavy (non-hydrogen) atoms. The second-order valence-electron chi connectivity index (χ2n) is 6.27. The molecule has 1 aromatic carbocycles. The lowest BCUT2D eigenvalue weighted by atomic mass is 10.1.